The number of carbonyl (C=O) groups excluding carboxylic acids is 2. The van der Waals surface area contributed by atoms with Crippen LogP contribution in [0.5, 0.6) is 0 Å². The molecule has 3 rings (SSSR count). The Balaban J connectivity index is 1.92. The van der Waals surface area contributed by atoms with Gasteiger partial charge in [-0.15, -0.1) is 0 Å². The SMILES string of the molecule is CCC(C(=O)NC1CCCCC1)N(Cc1ccc(C)cc1)C(=O)CN(c1ccc(C)c(C)c1)S(C)(=O)=O. The molecular formula is C29H41N3O4S. The van der Waals surface area contributed by atoms with Crippen LogP contribution in [0.3, 0.4) is 0 Å². The van der Waals surface area contributed by atoms with Gasteiger partial charge in [-0.2, -0.15) is 0 Å². The lowest BCUT2D eigenvalue weighted by molar-refractivity contribution is -0.140. The predicted octanol–water partition coefficient (Wildman–Crippen LogP) is 4.63. The molecule has 1 aliphatic rings. The van der Waals surface area contributed by atoms with Crippen molar-refractivity contribution >= 4 is 27.5 Å². The first kappa shape index (κ1) is 28.7. The first-order valence-corrected chi connectivity index (χ1v) is 15.0. The van der Waals surface area contributed by atoms with Gasteiger partial charge < -0.3 is 10.2 Å². The highest BCUT2D eigenvalue weighted by atomic mass is 32.2. The number of sulfonamides is 1. The summed E-state index contributed by atoms with van der Waals surface area (Å²) in [5, 5.41) is 3.16. The molecule has 2 aromatic rings. The Morgan fingerprint density at radius 1 is 0.973 bits per heavy atom. The molecule has 0 saturated heterocycles. The Bertz CT molecular complexity index is 1190. The van der Waals surface area contributed by atoms with Crippen molar-refractivity contribution in [2.75, 3.05) is 17.1 Å². The molecule has 1 atom stereocenters. The summed E-state index contributed by atoms with van der Waals surface area (Å²) in [6, 6.07) is 12.6. The third-order valence-corrected chi connectivity index (χ3v) is 8.41. The summed E-state index contributed by atoms with van der Waals surface area (Å²) in [6.45, 7) is 7.59. The second-order valence-corrected chi connectivity index (χ2v) is 12.2. The highest BCUT2D eigenvalue weighted by Gasteiger charge is 2.32. The number of hydrogen-bond donors (Lipinski definition) is 1. The van der Waals surface area contributed by atoms with Crippen molar-refractivity contribution in [1.29, 1.82) is 0 Å². The standard InChI is InChI=1S/C29H41N3O4S/c1-6-27(29(34)30-25-10-8-7-9-11-25)31(19-24-15-12-21(2)13-16-24)28(33)20-32(37(5,35)36)26-17-14-22(3)23(4)18-26/h12-18,25,27H,6-11,19-20H2,1-5H3,(H,30,34). The molecule has 0 aromatic heterocycles. The van der Waals surface area contributed by atoms with E-state index < -0.39 is 22.0 Å². The van der Waals surface area contributed by atoms with Crippen LogP contribution < -0.4 is 9.62 Å². The van der Waals surface area contributed by atoms with Gasteiger partial charge in [-0.25, -0.2) is 8.42 Å². The largest absolute Gasteiger partial charge is 0.352 e. The van der Waals surface area contributed by atoms with Gasteiger partial charge in [0.25, 0.3) is 0 Å². The van der Waals surface area contributed by atoms with Gasteiger partial charge in [-0.05, 0) is 68.9 Å². The Morgan fingerprint density at radius 2 is 1.62 bits per heavy atom. The summed E-state index contributed by atoms with van der Waals surface area (Å²) >= 11 is 0. The molecule has 0 aliphatic heterocycles. The van der Waals surface area contributed by atoms with Crippen molar-refractivity contribution in [3.63, 3.8) is 0 Å². The molecule has 7 nitrogen and oxygen atoms in total. The predicted molar refractivity (Wildman–Crippen MR) is 149 cm³/mol. The second-order valence-electron chi connectivity index (χ2n) is 10.3. The topological polar surface area (TPSA) is 86.8 Å². The second kappa shape index (κ2) is 12.6. The lowest BCUT2D eigenvalue weighted by atomic mass is 9.95. The number of hydrogen-bond acceptors (Lipinski definition) is 4. The van der Waals surface area contributed by atoms with Crippen molar-refractivity contribution in [1.82, 2.24) is 10.2 Å². The first-order chi connectivity index (χ1) is 17.5. The van der Waals surface area contributed by atoms with Crippen LogP contribution in [0.2, 0.25) is 0 Å². The van der Waals surface area contributed by atoms with Crippen LogP contribution in [0.15, 0.2) is 42.5 Å². The Kier molecular flexibility index (Phi) is 9.76. The average Bonchev–Trinajstić information content (AvgIpc) is 2.85. The van der Waals surface area contributed by atoms with Gasteiger partial charge in [-0.1, -0.05) is 62.1 Å². The zero-order valence-electron chi connectivity index (χ0n) is 22.8. The normalized spacial score (nSPS) is 15.2. The van der Waals surface area contributed by atoms with Crippen molar-refractivity contribution in [2.45, 2.75) is 84.8 Å². The van der Waals surface area contributed by atoms with Crippen LogP contribution in [0, 0.1) is 20.8 Å². The van der Waals surface area contributed by atoms with Crippen LogP contribution in [0.4, 0.5) is 5.69 Å². The van der Waals surface area contributed by atoms with Gasteiger partial charge in [0.2, 0.25) is 21.8 Å². The molecule has 202 valence electrons. The molecule has 0 spiro atoms. The summed E-state index contributed by atoms with van der Waals surface area (Å²) < 4.78 is 26.7. The lowest BCUT2D eigenvalue weighted by Crippen LogP contribution is -2.53. The van der Waals surface area contributed by atoms with Gasteiger partial charge in [0.1, 0.15) is 12.6 Å². The minimum absolute atomic E-state index is 0.120. The Morgan fingerprint density at radius 3 is 2.19 bits per heavy atom. The van der Waals surface area contributed by atoms with Gasteiger partial charge in [0.15, 0.2) is 0 Å². The van der Waals surface area contributed by atoms with E-state index in [0.717, 1.165) is 58.5 Å². The molecule has 2 amide bonds. The maximum Gasteiger partial charge on any atom is 0.244 e. The molecule has 0 bridgehead atoms. The van der Waals surface area contributed by atoms with Crippen molar-refractivity contribution in [3.8, 4) is 0 Å². The molecular weight excluding hydrogens is 486 g/mol. The van der Waals surface area contributed by atoms with Crippen LogP contribution in [-0.2, 0) is 26.2 Å². The number of anilines is 1. The zero-order valence-corrected chi connectivity index (χ0v) is 23.6. The lowest BCUT2D eigenvalue weighted by Gasteiger charge is -2.34. The van der Waals surface area contributed by atoms with E-state index >= 15 is 0 Å². The molecule has 1 saturated carbocycles. The molecule has 1 unspecified atom stereocenters. The molecule has 1 N–H and O–H groups in total. The van der Waals surface area contributed by atoms with Gasteiger partial charge in [0.05, 0.1) is 11.9 Å². The molecule has 37 heavy (non-hydrogen) atoms. The zero-order chi connectivity index (χ0) is 27.2. The fourth-order valence-corrected chi connectivity index (χ4v) is 5.69. The first-order valence-electron chi connectivity index (χ1n) is 13.2. The third-order valence-electron chi connectivity index (χ3n) is 7.27. The average molecular weight is 528 g/mol. The highest BCUT2D eigenvalue weighted by molar-refractivity contribution is 7.92. The molecule has 1 aliphatic carbocycles. The molecule has 1 fully saturated rings. The number of amides is 2. The maximum atomic E-state index is 13.8. The van der Waals surface area contributed by atoms with Crippen molar-refractivity contribution in [3.05, 3.63) is 64.7 Å². The summed E-state index contributed by atoms with van der Waals surface area (Å²) in [6.07, 6.45) is 6.79. The van der Waals surface area contributed by atoms with E-state index in [2.05, 4.69) is 5.32 Å². The maximum absolute atomic E-state index is 13.8. The smallest absolute Gasteiger partial charge is 0.244 e. The van der Waals surface area contributed by atoms with E-state index in [-0.39, 0.29) is 25.0 Å². The van der Waals surface area contributed by atoms with Gasteiger partial charge >= 0.3 is 0 Å². The summed E-state index contributed by atoms with van der Waals surface area (Å²) in [4.78, 5) is 28.8. The number of nitrogens with one attached hydrogen (secondary N) is 1. The van der Waals surface area contributed by atoms with E-state index in [1.807, 2.05) is 58.0 Å². The minimum atomic E-state index is -3.74. The van der Waals surface area contributed by atoms with Gasteiger partial charge in [0, 0.05) is 12.6 Å². The van der Waals surface area contributed by atoms with Crippen LogP contribution in [0.25, 0.3) is 0 Å². The number of carbonyl (C=O) groups is 2. The Hall–Kier alpha value is -2.87. The van der Waals surface area contributed by atoms with Gasteiger partial charge in [-0.3, -0.25) is 13.9 Å². The number of rotatable bonds is 10. The van der Waals surface area contributed by atoms with E-state index in [1.165, 1.54) is 6.42 Å². The Labute approximate surface area is 222 Å². The molecule has 0 radical (unpaired) electrons. The van der Waals surface area contributed by atoms with Crippen LogP contribution >= 0.6 is 0 Å². The van der Waals surface area contributed by atoms with Crippen LogP contribution in [-0.4, -0.2) is 50.0 Å². The van der Waals surface area contributed by atoms with E-state index in [0.29, 0.717) is 12.1 Å². The number of aryl methyl sites for hydroxylation is 3. The van der Waals surface area contributed by atoms with E-state index in [1.54, 1.807) is 17.0 Å². The van der Waals surface area contributed by atoms with E-state index in [4.69, 9.17) is 0 Å². The number of benzene rings is 2. The summed E-state index contributed by atoms with van der Waals surface area (Å²) in [5.74, 6) is -0.582. The monoisotopic (exact) mass is 527 g/mol. The summed E-state index contributed by atoms with van der Waals surface area (Å²) in [5.41, 5.74) is 4.40. The third kappa shape index (κ3) is 7.81. The molecule has 8 heteroatoms. The fraction of sp³-hybridized carbons (Fsp3) is 0.517. The number of nitrogens with zero attached hydrogens (tertiary/aromatic N) is 2. The quantitative estimate of drug-likeness (QED) is 0.488. The molecule has 2 aromatic carbocycles. The van der Waals surface area contributed by atoms with Crippen molar-refractivity contribution in [2.24, 2.45) is 0 Å². The minimum Gasteiger partial charge on any atom is -0.352 e. The van der Waals surface area contributed by atoms with E-state index in [9.17, 15) is 18.0 Å². The highest BCUT2D eigenvalue weighted by Crippen LogP contribution is 2.23. The van der Waals surface area contributed by atoms with Crippen LogP contribution in [0.1, 0.15) is 67.7 Å². The fourth-order valence-electron chi connectivity index (χ4n) is 4.85. The summed E-state index contributed by atoms with van der Waals surface area (Å²) in [7, 11) is -3.74. The molecule has 0 heterocycles. The van der Waals surface area contributed by atoms with Crippen molar-refractivity contribution < 1.29 is 18.0 Å².